The van der Waals surface area contributed by atoms with E-state index in [1.807, 2.05) is 23.1 Å². The molecule has 3 heterocycles. The van der Waals surface area contributed by atoms with E-state index in [9.17, 15) is 10.1 Å². The molecule has 134 valence electrons. The van der Waals surface area contributed by atoms with E-state index in [0.717, 1.165) is 43.5 Å². The van der Waals surface area contributed by atoms with Crippen LogP contribution < -0.4 is 0 Å². The van der Waals surface area contributed by atoms with Gasteiger partial charge in [-0.2, -0.15) is 5.26 Å². The predicted molar refractivity (Wildman–Crippen MR) is 101 cm³/mol. The summed E-state index contributed by atoms with van der Waals surface area (Å²) < 4.78 is 0. The summed E-state index contributed by atoms with van der Waals surface area (Å²) in [6.45, 7) is 6.47. The van der Waals surface area contributed by atoms with Crippen molar-refractivity contribution in [3.8, 4) is 6.07 Å². The van der Waals surface area contributed by atoms with Gasteiger partial charge in [-0.05, 0) is 49.5 Å². The molecule has 2 aromatic rings. The lowest BCUT2D eigenvalue weighted by Gasteiger charge is -2.39. The maximum Gasteiger partial charge on any atom is 0.236 e. The van der Waals surface area contributed by atoms with Crippen molar-refractivity contribution in [3.63, 3.8) is 0 Å². The fraction of sp³-hybridized carbons (Fsp3) is 0.476. The highest BCUT2D eigenvalue weighted by molar-refractivity contribution is 5.87. The van der Waals surface area contributed by atoms with Gasteiger partial charge >= 0.3 is 0 Å². The monoisotopic (exact) mass is 348 g/mol. The largest absolute Gasteiger partial charge is 0.341 e. The van der Waals surface area contributed by atoms with E-state index in [1.54, 1.807) is 6.20 Å². The van der Waals surface area contributed by atoms with Gasteiger partial charge in [0.25, 0.3) is 0 Å². The van der Waals surface area contributed by atoms with Crippen molar-refractivity contribution < 1.29 is 4.79 Å². The summed E-state index contributed by atoms with van der Waals surface area (Å²) >= 11 is 0. The van der Waals surface area contributed by atoms with Gasteiger partial charge in [-0.1, -0.05) is 19.1 Å². The summed E-state index contributed by atoms with van der Waals surface area (Å²) in [5.74, 6) is 1.01. The molecular weight excluding hydrogens is 324 g/mol. The van der Waals surface area contributed by atoms with Crippen molar-refractivity contribution >= 4 is 16.8 Å². The Morgan fingerprint density at radius 3 is 2.88 bits per heavy atom. The Morgan fingerprint density at radius 1 is 1.31 bits per heavy atom. The van der Waals surface area contributed by atoms with E-state index < -0.39 is 0 Å². The van der Waals surface area contributed by atoms with Crippen molar-refractivity contribution in [2.75, 3.05) is 32.7 Å². The Labute approximate surface area is 154 Å². The van der Waals surface area contributed by atoms with Crippen LogP contribution in [0.2, 0.25) is 0 Å². The van der Waals surface area contributed by atoms with E-state index in [4.69, 9.17) is 0 Å². The molecule has 2 saturated heterocycles. The number of hydrogen-bond donors (Lipinski definition) is 0. The molecule has 2 aliphatic heterocycles. The molecule has 2 unspecified atom stereocenters. The quantitative estimate of drug-likeness (QED) is 0.856. The van der Waals surface area contributed by atoms with Crippen LogP contribution in [0.3, 0.4) is 0 Å². The number of amides is 1. The number of piperidine rings is 1. The van der Waals surface area contributed by atoms with E-state index in [-0.39, 0.29) is 5.91 Å². The molecule has 0 N–H and O–H groups in total. The number of carbonyl (C=O) groups excluding carboxylic acids is 1. The van der Waals surface area contributed by atoms with Crippen LogP contribution >= 0.6 is 0 Å². The van der Waals surface area contributed by atoms with E-state index in [1.165, 1.54) is 12.0 Å². The first-order valence-corrected chi connectivity index (χ1v) is 9.43. The lowest BCUT2D eigenvalue weighted by Crippen LogP contribution is -2.49. The van der Waals surface area contributed by atoms with Crippen molar-refractivity contribution in [1.82, 2.24) is 14.8 Å². The fourth-order valence-corrected chi connectivity index (χ4v) is 4.25. The van der Waals surface area contributed by atoms with E-state index in [2.05, 4.69) is 28.9 Å². The third-order valence-corrected chi connectivity index (χ3v) is 5.68. The first-order chi connectivity index (χ1) is 12.7. The van der Waals surface area contributed by atoms with Crippen molar-refractivity contribution in [1.29, 1.82) is 5.26 Å². The molecule has 2 fully saturated rings. The Kier molecular flexibility index (Phi) is 4.60. The molecule has 2 atom stereocenters. The average Bonchev–Trinajstić information content (AvgIpc) is 2.63. The lowest BCUT2D eigenvalue weighted by atomic mass is 9.83. The fourth-order valence-electron chi connectivity index (χ4n) is 4.25. The summed E-state index contributed by atoms with van der Waals surface area (Å²) in [4.78, 5) is 21.4. The van der Waals surface area contributed by atoms with Crippen molar-refractivity contribution in [3.05, 3.63) is 41.6 Å². The van der Waals surface area contributed by atoms with E-state index in [0.29, 0.717) is 23.9 Å². The third-order valence-electron chi connectivity index (χ3n) is 5.68. The predicted octanol–water partition coefficient (Wildman–Crippen LogP) is 2.76. The zero-order valence-corrected chi connectivity index (χ0v) is 15.2. The minimum Gasteiger partial charge on any atom is -0.341 e. The van der Waals surface area contributed by atoms with Crippen LogP contribution in [-0.4, -0.2) is 53.4 Å². The zero-order chi connectivity index (χ0) is 18.1. The molecule has 5 heteroatoms. The standard InChI is InChI=1S/C21H24N4O/c1-15-10-17(13-25(12-15)20(26)14-24-8-3-9-24)18-6-5-16(11-22)21-19(18)4-2-7-23-21/h2,4-7,15,17H,3,8-10,12-14H2,1H3. The van der Waals surface area contributed by atoms with Gasteiger partial charge in [-0.25, -0.2) is 0 Å². The van der Waals surface area contributed by atoms with Crippen LogP contribution in [0.4, 0.5) is 0 Å². The summed E-state index contributed by atoms with van der Waals surface area (Å²) in [5.41, 5.74) is 2.59. The second kappa shape index (κ2) is 7.05. The molecule has 1 amide bonds. The highest BCUT2D eigenvalue weighted by atomic mass is 16.2. The number of likely N-dealkylation sites (tertiary alicyclic amines) is 2. The Hall–Kier alpha value is -2.45. The smallest absolute Gasteiger partial charge is 0.236 e. The van der Waals surface area contributed by atoms with Gasteiger partial charge in [-0.15, -0.1) is 0 Å². The van der Waals surface area contributed by atoms with Crippen molar-refractivity contribution in [2.45, 2.75) is 25.7 Å². The summed E-state index contributed by atoms with van der Waals surface area (Å²) in [6, 6.07) is 10.1. The maximum atomic E-state index is 12.7. The normalized spacial score (nSPS) is 23.5. The second-order valence-corrected chi connectivity index (χ2v) is 7.68. The van der Waals surface area contributed by atoms with Gasteiger partial charge in [-0.3, -0.25) is 14.7 Å². The van der Waals surface area contributed by atoms with Gasteiger partial charge < -0.3 is 4.90 Å². The molecule has 0 spiro atoms. The molecular formula is C21H24N4O. The van der Waals surface area contributed by atoms with E-state index >= 15 is 0 Å². The SMILES string of the molecule is CC1CC(c2ccc(C#N)c3ncccc23)CN(C(=O)CN2CCC2)C1. The minimum absolute atomic E-state index is 0.248. The molecule has 0 aliphatic carbocycles. The number of benzene rings is 1. The maximum absolute atomic E-state index is 12.7. The molecule has 0 bridgehead atoms. The van der Waals surface area contributed by atoms with Crippen LogP contribution in [0.1, 0.15) is 36.8 Å². The summed E-state index contributed by atoms with van der Waals surface area (Å²) in [7, 11) is 0. The number of pyridine rings is 1. The minimum atomic E-state index is 0.248. The van der Waals surface area contributed by atoms with Crippen LogP contribution in [0, 0.1) is 17.2 Å². The highest BCUT2D eigenvalue weighted by Crippen LogP contribution is 2.34. The number of hydrogen-bond acceptors (Lipinski definition) is 4. The van der Waals surface area contributed by atoms with Gasteiger partial charge in [0.2, 0.25) is 5.91 Å². The number of aromatic nitrogens is 1. The first-order valence-electron chi connectivity index (χ1n) is 9.43. The van der Waals surface area contributed by atoms with Crippen LogP contribution in [-0.2, 0) is 4.79 Å². The summed E-state index contributed by atoms with van der Waals surface area (Å²) in [5, 5.41) is 10.4. The highest BCUT2D eigenvalue weighted by Gasteiger charge is 2.31. The third kappa shape index (κ3) is 3.17. The number of rotatable bonds is 3. The molecule has 2 aliphatic rings. The van der Waals surface area contributed by atoms with Gasteiger partial charge in [0.15, 0.2) is 0 Å². The van der Waals surface area contributed by atoms with Crippen LogP contribution in [0.15, 0.2) is 30.5 Å². The topological polar surface area (TPSA) is 60.2 Å². The average molecular weight is 348 g/mol. The number of nitriles is 1. The molecule has 4 rings (SSSR count). The number of carbonyl (C=O) groups is 1. The van der Waals surface area contributed by atoms with Crippen LogP contribution in [0.25, 0.3) is 10.9 Å². The molecule has 1 aromatic carbocycles. The molecule has 26 heavy (non-hydrogen) atoms. The lowest BCUT2D eigenvalue weighted by molar-refractivity contribution is -0.135. The Morgan fingerprint density at radius 2 is 2.15 bits per heavy atom. The van der Waals surface area contributed by atoms with Crippen molar-refractivity contribution in [2.24, 2.45) is 5.92 Å². The number of nitrogens with zero attached hydrogens (tertiary/aromatic N) is 4. The summed E-state index contributed by atoms with van der Waals surface area (Å²) in [6.07, 6.45) is 4.00. The van der Waals surface area contributed by atoms with Gasteiger partial charge in [0.05, 0.1) is 17.6 Å². The Bertz CT molecular complexity index is 868. The number of fused-ring (bicyclic) bond motifs is 1. The second-order valence-electron chi connectivity index (χ2n) is 7.68. The van der Waals surface area contributed by atoms with Gasteiger partial charge in [0.1, 0.15) is 6.07 Å². The molecule has 0 radical (unpaired) electrons. The molecule has 1 aromatic heterocycles. The molecule has 5 nitrogen and oxygen atoms in total. The Balaban J connectivity index is 1.61. The zero-order valence-electron chi connectivity index (χ0n) is 15.2. The first kappa shape index (κ1) is 17.0. The van der Waals surface area contributed by atoms with Crippen LogP contribution in [0.5, 0.6) is 0 Å². The van der Waals surface area contributed by atoms with Gasteiger partial charge in [0, 0.05) is 30.6 Å². The molecule has 0 saturated carbocycles.